The molecule has 0 spiro atoms. The van der Waals surface area contributed by atoms with Crippen LogP contribution < -0.4 is 4.74 Å². The van der Waals surface area contributed by atoms with E-state index in [-0.39, 0.29) is 18.0 Å². The predicted molar refractivity (Wildman–Crippen MR) is 68.0 cm³/mol. The molecule has 0 atom stereocenters. The van der Waals surface area contributed by atoms with Crippen molar-refractivity contribution >= 4 is 17.1 Å². The Labute approximate surface area is 112 Å². The quantitative estimate of drug-likeness (QED) is 0.789. The molecule has 0 amide bonds. The number of aryl methyl sites for hydroxylation is 1. The van der Waals surface area contributed by atoms with Crippen LogP contribution in [0.1, 0.15) is 21.1 Å². The van der Waals surface area contributed by atoms with Gasteiger partial charge in [0.2, 0.25) is 0 Å². The van der Waals surface area contributed by atoms with Crippen molar-refractivity contribution in [2.75, 3.05) is 0 Å². The summed E-state index contributed by atoms with van der Waals surface area (Å²) in [5.74, 6) is -0.0649. The van der Waals surface area contributed by atoms with Gasteiger partial charge in [-0.3, -0.25) is 4.79 Å². The van der Waals surface area contributed by atoms with E-state index in [1.807, 2.05) is 12.3 Å². The highest BCUT2D eigenvalue weighted by Gasteiger charge is 2.10. The number of hydrogen-bond acceptors (Lipinski definition) is 4. The summed E-state index contributed by atoms with van der Waals surface area (Å²) in [4.78, 5) is 16.1. The molecule has 0 aliphatic heterocycles. The number of ether oxygens (including phenoxy) is 1. The third-order valence-electron chi connectivity index (χ3n) is 2.41. The zero-order chi connectivity index (χ0) is 13.8. The van der Waals surface area contributed by atoms with E-state index in [1.54, 1.807) is 0 Å². The van der Waals surface area contributed by atoms with E-state index in [4.69, 9.17) is 0 Å². The second-order valence-corrected chi connectivity index (χ2v) is 4.92. The van der Waals surface area contributed by atoms with Gasteiger partial charge in [0.05, 0.1) is 17.1 Å². The number of hydrogen-bond donors (Lipinski definition) is 0. The highest BCUT2D eigenvalue weighted by molar-refractivity contribution is 7.09. The number of Topliss-reactive ketones (excluding diaryl/α,β-unsaturated/α-hetero) is 1. The van der Waals surface area contributed by atoms with Crippen LogP contribution in [0.2, 0.25) is 0 Å². The third-order valence-corrected chi connectivity index (χ3v) is 3.23. The van der Waals surface area contributed by atoms with Gasteiger partial charge in [-0.1, -0.05) is 0 Å². The highest BCUT2D eigenvalue weighted by Crippen LogP contribution is 2.17. The van der Waals surface area contributed by atoms with Crippen LogP contribution in [-0.2, 0) is 6.42 Å². The number of halogens is 2. The van der Waals surface area contributed by atoms with Crippen LogP contribution in [-0.4, -0.2) is 17.4 Å². The lowest BCUT2D eigenvalue weighted by Crippen LogP contribution is -2.05. The third kappa shape index (κ3) is 3.82. The number of rotatable bonds is 5. The van der Waals surface area contributed by atoms with Crippen molar-refractivity contribution in [3.05, 3.63) is 45.9 Å². The van der Waals surface area contributed by atoms with E-state index >= 15 is 0 Å². The number of carbonyl (C=O) groups excluding carboxylic acids is 1. The lowest BCUT2D eigenvalue weighted by atomic mass is 10.1. The maximum atomic E-state index is 12.0. The number of aromatic nitrogens is 1. The van der Waals surface area contributed by atoms with Crippen LogP contribution in [0, 0.1) is 6.92 Å². The maximum absolute atomic E-state index is 12.0. The molecule has 2 rings (SSSR count). The molecule has 0 bridgehead atoms. The molecule has 0 aliphatic rings. The van der Waals surface area contributed by atoms with Gasteiger partial charge in [0.15, 0.2) is 5.78 Å². The topological polar surface area (TPSA) is 39.2 Å². The molecule has 0 unspecified atom stereocenters. The Hall–Kier alpha value is -1.82. The molecule has 0 fully saturated rings. The number of benzene rings is 1. The molecule has 0 saturated carbocycles. The molecule has 1 aromatic carbocycles. The predicted octanol–water partition coefficient (Wildman–Crippen LogP) is 3.48. The largest absolute Gasteiger partial charge is 0.435 e. The summed E-state index contributed by atoms with van der Waals surface area (Å²) >= 11 is 1.48. The average Bonchev–Trinajstić information content (AvgIpc) is 2.75. The van der Waals surface area contributed by atoms with E-state index in [1.165, 1.54) is 35.6 Å². The van der Waals surface area contributed by atoms with Gasteiger partial charge in [-0.15, -0.1) is 11.3 Å². The van der Waals surface area contributed by atoms with E-state index in [9.17, 15) is 13.6 Å². The van der Waals surface area contributed by atoms with Gasteiger partial charge in [0.1, 0.15) is 5.75 Å². The van der Waals surface area contributed by atoms with Crippen molar-refractivity contribution in [1.82, 2.24) is 4.98 Å². The van der Waals surface area contributed by atoms with Gasteiger partial charge in [0, 0.05) is 10.9 Å². The molecule has 100 valence electrons. The normalized spacial score (nSPS) is 10.7. The first-order valence-electron chi connectivity index (χ1n) is 5.53. The monoisotopic (exact) mass is 283 g/mol. The molecule has 0 N–H and O–H groups in total. The highest BCUT2D eigenvalue weighted by atomic mass is 32.1. The average molecular weight is 283 g/mol. The van der Waals surface area contributed by atoms with Gasteiger partial charge in [-0.05, 0) is 31.2 Å². The summed E-state index contributed by atoms with van der Waals surface area (Å²) in [5.41, 5.74) is 1.17. The van der Waals surface area contributed by atoms with Crippen molar-refractivity contribution < 1.29 is 18.3 Å². The van der Waals surface area contributed by atoms with Crippen LogP contribution in [0.4, 0.5) is 8.78 Å². The SMILES string of the molecule is Cc1nc(CC(=O)c2ccc(OC(F)F)cc2)cs1. The molecule has 0 aliphatic carbocycles. The Morgan fingerprint density at radius 2 is 2.05 bits per heavy atom. The smallest absolute Gasteiger partial charge is 0.387 e. The van der Waals surface area contributed by atoms with E-state index in [0.717, 1.165) is 10.7 Å². The standard InChI is InChI=1S/C13H11F2NO2S/c1-8-16-10(7-19-8)6-12(17)9-2-4-11(5-3-9)18-13(14)15/h2-5,7,13H,6H2,1H3. The molecule has 2 aromatic rings. The summed E-state index contributed by atoms with van der Waals surface area (Å²) in [6.07, 6.45) is 0.208. The zero-order valence-corrected chi connectivity index (χ0v) is 10.9. The first-order valence-corrected chi connectivity index (χ1v) is 6.41. The fourth-order valence-corrected chi connectivity index (χ4v) is 2.19. The van der Waals surface area contributed by atoms with Crippen molar-refractivity contribution in [1.29, 1.82) is 0 Å². The molecule has 0 saturated heterocycles. The van der Waals surface area contributed by atoms with E-state index in [2.05, 4.69) is 9.72 Å². The number of carbonyl (C=O) groups is 1. The van der Waals surface area contributed by atoms with Crippen LogP contribution in [0.25, 0.3) is 0 Å². The minimum absolute atomic E-state index is 0.0380. The fraction of sp³-hybridized carbons (Fsp3) is 0.231. The molecule has 1 aromatic heterocycles. The minimum atomic E-state index is -2.86. The first-order chi connectivity index (χ1) is 9.04. The summed E-state index contributed by atoms with van der Waals surface area (Å²) < 4.78 is 28.2. The fourth-order valence-electron chi connectivity index (χ4n) is 1.58. The van der Waals surface area contributed by atoms with Crippen LogP contribution in [0.3, 0.4) is 0 Å². The van der Waals surface area contributed by atoms with E-state index < -0.39 is 6.61 Å². The number of thiazole rings is 1. The van der Waals surface area contributed by atoms with Crippen LogP contribution in [0.5, 0.6) is 5.75 Å². The molecule has 6 heteroatoms. The number of ketones is 1. The Kier molecular flexibility index (Phi) is 4.21. The van der Waals surface area contributed by atoms with Gasteiger partial charge in [0.25, 0.3) is 0 Å². The summed E-state index contributed by atoms with van der Waals surface area (Å²) in [5, 5.41) is 2.74. The van der Waals surface area contributed by atoms with Crippen molar-refractivity contribution in [2.45, 2.75) is 20.0 Å². The lowest BCUT2D eigenvalue weighted by molar-refractivity contribution is -0.0498. The summed E-state index contributed by atoms with van der Waals surface area (Å²) in [6.45, 7) is -0.991. The first kappa shape index (κ1) is 13.6. The molecular weight excluding hydrogens is 272 g/mol. The van der Waals surface area contributed by atoms with Crippen LogP contribution in [0.15, 0.2) is 29.6 Å². The number of nitrogens with zero attached hydrogens (tertiary/aromatic N) is 1. The van der Waals surface area contributed by atoms with Gasteiger partial charge < -0.3 is 4.74 Å². The molecule has 19 heavy (non-hydrogen) atoms. The number of alkyl halides is 2. The van der Waals surface area contributed by atoms with Crippen LogP contribution >= 0.6 is 11.3 Å². The Morgan fingerprint density at radius 1 is 1.37 bits per heavy atom. The van der Waals surface area contributed by atoms with Crippen molar-refractivity contribution in [2.24, 2.45) is 0 Å². The summed E-state index contributed by atoms with van der Waals surface area (Å²) in [6, 6.07) is 5.65. The Bertz CT molecular complexity index is 566. The second-order valence-electron chi connectivity index (χ2n) is 3.86. The van der Waals surface area contributed by atoms with Gasteiger partial charge in [-0.25, -0.2) is 4.98 Å². The van der Waals surface area contributed by atoms with E-state index in [0.29, 0.717) is 5.56 Å². The Morgan fingerprint density at radius 3 is 2.58 bits per heavy atom. The minimum Gasteiger partial charge on any atom is -0.435 e. The Balaban J connectivity index is 2.03. The van der Waals surface area contributed by atoms with Gasteiger partial charge >= 0.3 is 6.61 Å². The van der Waals surface area contributed by atoms with Gasteiger partial charge in [-0.2, -0.15) is 8.78 Å². The molecule has 0 radical (unpaired) electrons. The van der Waals surface area contributed by atoms with Crippen molar-refractivity contribution in [3.63, 3.8) is 0 Å². The second kappa shape index (κ2) is 5.88. The lowest BCUT2D eigenvalue weighted by Gasteiger charge is -2.04. The molecule has 1 heterocycles. The zero-order valence-electron chi connectivity index (χ0n) is 10.1. The molecule has 3 nitrogen and oxygen atoms in total. The molecular formula is C13H11F2NO2S. The maximum Gasteiger partial charge on any atom is 0.387 e. The summed E-state index contributed by atoms with van der Waals surface area (Å²) in [7, 11) is 0. The van der Waals surface area contributed by atoms with Crippen molar-refractivity contribution in [3.8, 4) is 5.75 Å².